The van der Waals surface area contributed by atoms with Gasteiger partial charge in [-0.1, -0.05) is 26.2 Å². The molecule has 74 valence electrons. The highest BCUT2D eigenvalue weighted by molar-refractivity contribution is 4.60. The molecule has 0 aliphatic heterocycles. The van der Waals surface area contributed by atoms with Crippen molar-refractivity contribution in [1.29, 1.82) is 0 Å². The molecule has 2 heteroatoms. The maximum absolute atomic E-state index is 5.70. The monoisotopic (exact) mass is 172 g/mol. The maximum Gasteiger partial charge on any atom is 0.00130 e. The van der Waals surface area contributed by atoms with Crippen molar-refractivity contribution in [3.63, 3.8) is 0 Å². The van der Waals surface area contributed by atoms with Crippen LogP contribution in [0.5, 0.6) is 0 Å². The van der Waals surface area contributed by atoms with E-state index in [1.807, 2.05) is 0 Å². The lowest BCUT2D eigenvalue weighted by Crippen LogP contribution is -2.18. The van der Waals surface area contributed by atoms with Crippen LogP contribution in [0, 0.1) is 5.92 Å². The third kappa shape index (κ3) is 8.02. The van der Waals surface area contributed by atoms with Gasteiger partial charge in [0.1, 0.15) is 0 Å². The summed E-state index contributed by atoms with van der Waals surface area (Å²) in [6.07, 6.45) is 6.22. The van der Waals surface area contributed by atoms with Gasteiger partial charge in [-0.05, 0) is 32.2 Å². The second-order valence-corrected chi connectivity index (χ2v) is 3.96. The lowest BCUT2D eigenvalue weighted by atomic mass is 9.97. The summed E-state index contributed by atoms with van der Waals surface area (Å²) in [5.74, 6) is 0.780. The predicted molar refractivity (Wildman–Crippen MR) is 55.0 cm³/mol. The van der Waals surface area contributed by atoms with Crippen molar-refractivity contribution in [2.45, 2.75) is 52.0 Å². The summed E-state index contributed by atoms with van der Waals surface area (Å²) in [6, 6.07) is 0.356. The van der Waals surface area contributed by atoms with Gasteiger partial charge in [-0.15, -0.1) is 0 Å². The zero-order valence-corrected chi connectivity index (χ0v) is 8.55. The standard InChI is InChI=1S/C10H24N2/c1-9(8-10(2)12)6-4-3-5-7-11/h9-10H,3-8,11-12H2,1-2H3. The molecule has 2 unspecified atom stereocenters. The van der Waals surface area contributed by atoms with Gasteiger partial charge in [0.05, 0.1) is 0 Å². The molecule has 0 amide bonds. The Hall–Kier alpha value is -0.0800. The average Bonchev–Trinajstić information content (AvgIpc) is 1.97. The summed E-state index contributed by atoms with van der Waals surface area (Å²) < 4.78 is 0. The van der Waals surface area contributed by atoms with Gasteiger partial charge < -0.3 is 11.5 Å². The molecule has 0 aromatic rings. The smallest absolute Gasteiger partial charge is 0.00130 e. The molecule has 0 saturated heterocycles. The molecule has 0 aliphatic rings. The van der Waals surface area contributed by atoms with E-state index in [0.29, 0.717) is 6.04 Å². The van der Waals surface area contributed by atoms with Gasteiger partial charge in [-0.3, -0.25) is 0 Å². The summed E-state index contributed by atoms with van der Waals surface area (Å²) in [7, 11) is 0. The minimum absolute atomic E-state index is 0.356. The molecule has 2 atom stereocenters. The van der Waals surface area contributed by atoms with Crippen molar-refractivity contribution in [1.82, 2.24) is 0 Å². The number of unbranched alkanes of at least 4 members (excludes halogenated alkanes) is 2. The van der Waals surface area contributed by atoms with E-state index >= 15 is 0 Å². The Labute approximate surface area is 76.7 Å². The molecule has 0 heterocycles. The minimum Gasteiger partial charge on any atom is -0.330 e. The quantitative estimate of drug-likeness (QED) is 0.576. The van der Waals surface area contributed by atoms with E-state index < -0.39 is 0 Å². The molecule has 0 saturated carbocycles. The third-order valence-corrected chi connectivity index (χ3v) is 2.18. The van der Waals surface area contributed by atoms with E-state index in [4.69, 9.17) is 11.5 Å². The number of hydrogen-bond donors (Lipinski definition) is 2. The summed E-state index contributed by atoms with van der Waals surface area (Å²) in [6.45, 7) is 5.20. The van der Waals surface area contributed by atoms with Gasteiger partial charge in [0, 0.05) is 6.04 Å². The fraction of sp³-hybridized carbons (Fsp3) is 1.00. The average molecular weight is 172 g/mol. The van der Waals surface area contributed by atoms with Crippen LogP contribution in [0.1, 0.15) is 46.0 Å². The lowest BCUT2D eigenvalue weighted by molar-refractivity contribution is 0.430. The first-order valence-corrected chi connectivity index (χ1v) is 5.12. The van der Waals surface area contributed by atoms with E-state index in [2.05, 4.69) is 13.8 Å². The Morgan fingerprint density at radius 2 is 1.75 bits per heavy atom. The highest BCUT2D eigenvalue weighted by Gasteiger charge is 2.04. The van der Waals surface area contributed by atoms with Crippen LogP contribution in [0.4, 0.5) is 0 Å². The summed E-state index contributed by atoms with van der Waals surface area (Å²) in [5, 5.41) is 0. The van der Waals surface area contributed by atoms with Crippen molar-refractivity contribution >= 4 is 0 Å². The molecular weight excluding hydrogens is 148 g/mol. The van der Waals surface area contributed by atoms with Crippen molar-refractivity contribution in [2.24, 2.45) is 17.4 Å². The van der Waals surface area contributed by atoms with Gasteiger partial charge >= 0.3 is 0 Å². The molecule has 0 aromatic heterocycles. The predicted octanol–water partition coefficient (Wildman–Crippen LogP) is 1.88. The van der Waals surface area contributed by atoms with Crippen LogP contribution in [0.3, 0.4) is 0 Å². The Bertz CT molecular complexity index is 91.8. The van der Waals surface area contributed by atoms with Gasteiger partial charge in [-0.2, -0.15) is 0 Å². The maximum atomic E-state index is 5.70. The van der Waals surface area contributed by atoms with Crippen molar-refractivity contribution in [2.75, 3.05) is 6.54 Å². The second kappa shape index (κ2) is 7.56. The van der Waals surface area contributed by atoms with Crippen molar-refractivity contribution < 1.29 is 0 Å². The SMILES string of the molecule is CC(N)CC(C)CCCCCN. The van der Waals surface area contributed by atoms with Crippen LogP contribution in [0.15, 0.2) is 0 Å². The van der Waals surface area contributed by atoms with E-state index in [9.17, 15) is 0 Å². The Morgan fingerprint density at radius 3 is 2.25 bits per heavy atom. The Morgan fingerprint density at radius 1 is 1.08 bits per heavy atom. The van der Waals surface area contributed by atoms with Crippen LogP contribution < -0.4 is 11.5 Å². The minimum atomic E-state index is 0.356. The summed E-state index contributed by atoms with van der Waals surface area (Å²) in [5.41, 5.74) is 11.1. The molecule has 0 fully saturated rings. The Kier molecular flexibility index (Phi) is 7.51. The van der Waals surface area contributed by atoms with Crippen LogP contribution in [-0.2, 0) is 0 Å². The molecule has 0 radical (unpaired) electrons. The fourth-order valence-corrected chi connectivity index (χ4v) is 1.57. The van der Waals surface area contributed by atoms with E-state index in [1.165, 1.54) is 25.7 Å². The van der Waals surface area contributed by atoms with Gasteiger partial charge in [0.2, 0.25) is 0 Å². The van der Waals surface area contributed by atoms with Gasteiger partial charge in [0.25, 0.3) is 0 Å². The topological polar surface area (TPSA) is 52.0 Å². The second-order valence-electron chi connectivity index (χ2n) is 3.96. The van der Waals surface area contributed by atoms with Crippen LogP contribution in [0.2, 0.25) is 0 Å². The molecule has 0 aliphatic carbocycles. The Balaban J connectivity index is 3.14. The van der Waals surface area contributed by atoms with Gasteiger partial charge in [0.15, 0.2) is 0 Å². The first-order chi connectivity index (χ1) is 5.66. The van der Waals surface area contributed by atoms with E-state index in [1.54, 1.807) is 0 Å². The molecule has 0 rings (SSSR count). The van der Waals surface area contributed by atoms with E-state index in [-0.39, 0.29) is 0 Å². The first-order valence-electron chi connectivity index (χ1n) is 5.12. The number of hydrogen-bond acceptors (Lipinski definition) is 2. The van der Waals surface area contributed by atoms with Crippen molar-refractivity contribution in [3.8, 4) is 0 Å². The fourth-order valence-electron chi connectivity index (χ4n) is 1.57. The molecule has 12 heavy (non-hydrogen) atoms. The molecule has 4 N–H and O–H groups in total. The molecule has 0 bridgehead atoms. The van der Waals surface area contributed by atoms with Gasteiger partial charge in [-0.25, -0.2) is 0 Å². The highest BCUT2D eigenvalue weighted by atomic mass is 14.6. The summed E-state index contributed by atoms with van der Waals surface area (Å²) in [4.78, 5) is 0. The van der Waals surface area contributed by atoms with Crippen LogP contribution >= 0.6 is 0 Å². The molecule has 0 spiro atoms. The number of nitrogens with two attached hydrogens (primary N) is 2. The van der Waals surface area contributed by atoms with Crippen LogP contribution in [0.25, 0.3) is 0 Å². The zero-order chi connectivity index (χ0) is 9.40. The molecule has 0 aromatic carbocycles. The molecule has 2 nitrogen and oxygen atoms in total. The largest absolute Gasteiger partial charge is 0.330 e. The van der Waals surface area contributed by atoms with Crippen LogP contribution in [-0.4, -0.2) is 12.6 Å². The number of rotatable bonds is 7. The van der Waals surface area contributed by atoms with Crippen molar-refractivity contribution in [3.05, 3.63) is 0 Å². The highest BCUT2D eigenvalue weighted by Crippen LogP contribution is 2.13. The summed E-state index contributed by atoms with van der Waals surface area (Å²) >= 11 is 0. The normalized spacial score (nSPS) is 16.0. The van der Waals surface area contributed by atoms with E-state index in [0.717, 1.165) is 18.9 Å². The zero-order valence-electron chi connectivity index (χ0n) is 8.55. The lowest BCUT2D eigenvalue weighted by Gasteiger charge is -2.13. The third-order valence-electron chi connectivity index (χ3n) is 2.18. The molecular formula is C10H24N2. The first kappa shape index (κ1) is 11.9.